The van der Waals surface area contributed by atoms with Gasteiger partial charge in [-0.1, -0.05) is 11.6 Å². The van der Waals surface area contributed by atoms with Crippen LogP contribution in [0.15, 0.2) is 17.0 Å². The van der Waals surface area contributed by atoms with Gasteiger partial charge in [-0.15, -0.1) is 12.4 Å². The van der Waals surface area contributed by atoms with Crippen LogP contribution in [0.5, 0.6) is 5.75 Å². The summed E-state index contributed by atoms with van der Waals surface area (Å²) in [5.74, 6) is 0.477. The van der Waals surface area contributed by atoms with Gasteiger partial charge in [0, 0.05) is 6.04 Å². The van der Waals surface area contributed by atoms with Crippen molar-refractivity contribution in [2.45, 2.75) is 30.7 Å². The minimum absolute atomic E-state index is 0. The summed E-state index contributed by atoms with van der Waals surface area (Å²) >= 11 is 6.02. The second-order valence-corrected chi connectivity index (χ2v) is 6.99. The Kier molecular flexibility index (Phi) is 6.74. The number of rotatable bonds is 4. The molecule has 0 spiro atoms. The number of hydrogen-bond donors (Lipinski definition) is 2. The molecule has 0 saturated carbocycles. The smallest absolute Gasteiger partial charge is 0.241 e. The fourth-order valence-corrected chi connectivity index (χ4v) is 4.17. The van der Waals surface area contributed by atoms with E-state index >= 15 is 0 Å². The molecule has 0 aliphatic carbocycles. The molecule has 1 aliphatic rings. The quantitative estimate of drug-likeness (QED) is 0.868. The predicted molar refractivity (Wildman–Crippen MR) is 86.2 cm³/mol. The summed E-state index contributed by atoms with van der Waals surface area (Å²) in [5.41, 5.74) is 0.618. The predicted octanol–water partition coefficient (Wildman–Crippen LogP) is 2.11. The van der Waals surface area contributed by atoms with Crippen LogP contribution in [0.25, 0.3) is 0 Å². The molecule has 0 amide bonds. The molecule has 1 saturated heterocycles. The third-order valence-electron chi connectivity index (χ3n) is 3.40. The molecule has 120 valence electrons. The number of piperidine rings is 1. The maximum atomic E-state index is 12.4. The standard InChI is InChI=1S/C13H19ClN2O3S.ClH/c1-9-7-12(19-2)11(14)8-13(9)20(17,18)16-10-3-5-15-6-4-10;/h7-8,10,15-16H,3-6H2,1-2H3;1H. The first-order valence-corrected chi connectivity index (χ1v) is 8.37. The van der Waals surface area contributed by atoms with Crippen LogP contribution in [0, 0.1) is 6.92 Å². The second kappa shape index (κ2) is 7.65. The number of halogens is 2. The van der Waals surface area contributed by atoms with Crippen molar-refractivity contribution >= 4 is 34.0 Å². The lowest BCUT2D eigenvalue weighted by Crippen LogP contribution is -2.42. The van der Waals surface area contributed by atoms with Gasteiger partial charge in [0.25, 0.3) is 0 Å². The molecule has 1 heterocycles. The minimum atomic E-state index is -3.56. The molecule has 0 atom stereocenters. The van der Waals surface area contributed by atoms with Gasteiger partial charge in [0.1, 0.15) is 5.75 Å². The molecule has 0 unspecified atom stereocenters. The van der Waals surface area contributed by atoms with Crippen LogP contribution in [-0.4, -0.2) is 34.7 Å². The van der Waals surface area contributed by atoms with E-state index in [1.807, 2.05) is 0 Å². The van der Waals surface area contributed by atoms with Gasteiger partial charge in [-0.3, -0.25) is 0 Å². The summed E-state index contributed by atoms with van der Waals surface area (Å²) in [7, 11) is -2.05. The van der Waals surface area contributed by atoms with Gasteiger partial charge in [-0.05, 0) is 50.6 Å². The second-order valence-electron chi connectivity index (χ2n) is 4.90. The summed E-state index contributed by atoms with van der Waals surface area (Å²) in [6.07, 6.45) is 1.59. The van der Waals surface area contributed by atoms with E-state index in [1.54, 1.807) is 13.0 Å². The van der Waals surface area contributed by atoms with Gasteiger partial charge in [0.15, 0.2) is 0 Å². The highest BCUT2D eigenvalue weighted by Crippen LogP contribution is 2.30. The van der Waals surface area contributed by atoms with Crippen LogP contribution in [0.4, 0.5) is 0 Å². The molecule has 0 bridgehead atoms. The van der Waals surface area contributed by atoms with Gasteiger partial charge in [-0.2, -0.15) is 0 Å². The number of benzene rings is 1. The molecular weight excluding hydrogens is 335 g/mol. The number of aryl methyl sites for hydroxylation is 1. The fraction of sp³-hybridized carbons (Fsp3) is 0.538. The Balaban J connectivity index is 0.00000220. The Morgan fingerprint density at radius 1 is 1.33 bits per heavy atom. The van der Waals surface area contributed by atoms with Crippen molar-refractivity contribution < 1.29 is 13.2 Å². The number of ether oxygens (including phenoxy) is 1. The van der Waals surface area contributed by atoms with E-state index in [0.717, 1.165) is 25.9 Å². The van der Waals surface area contributed by atoms with Crippen molar-refractivity contribution in [3.05, 3.63) is 22.7 Å². The topological polar surface area (TPSA) is 67.4 Å². The Morgan fingerprint density at radius 3 is 2.52 bits per heavy atom. The van der Waals surface area contributed by atoms with E-state index in [4.69, 9.17) is 16.3 Å². The third kappa shape index (κ3) is 4.47. The monoisotopic (exact) mass is 354 g/mol. The summed E-state index contributed by atoms with van der Waals surface area (Å²) in [6.45, 7) is 3.39. The number of nitrogens with one attached hydrogen (secondary N) is 2. The van der Waals surface area contributed by atoms with Crippen molar-refractivity contribution in [1.29, 1.82) is 0 Å². The summed E-state index contributed by atoms with van der Waals surface area (Å²) < 4.78 is 32.7. The van der Waals surface area contributed by atoms with Crippen LogP contribution in [-0.2, 0) is 10.0 Å². The van der Waals surface area contributed by atoms with Crippen LogP contribution in [0.1, 0.15) is 18.4 Å². The molecule has 5 nitrogen and oxygen atoms in total. The zero-order valence-electron chi connectivity index (χ0n) is 12.0. The van der Waals surface area contributed by atoms with Crippen LogP contribution < -0.4 is 14.8 Å². The van der Waals surface area contributed by atoms with Crippen LogP contribution in [0.2, 0.25) is 5.02 Å². The highest BCUT2D eigenvalue weighted by atomic mass is 35.5. The van der Waals surface area contributed by atoms with Crippen molar-refractivity contribution in [1.82, 2.24) is 10.0 Å². The maximum absolute atomic E-state index is 12.4. The maximum Gasteiger partial charge on any atom is 0.241 e. The van der Waals surface area contributed by atoms with Crippen molar-refractivity contribution in [3.63, 3.8) is 0 Å². The minimum Gasteiger partial charge on any atom is -0.495 e. The summed E-state index contributed by atoms with van der Waals surface area (Å²) in [6, 6.07) is 3.06. The normalized spacial score (nSPS) is 16.3. The van der Waals surface area contributed by atoms with Gasteiger partial charge >= 0.3 is 0 Å². The first-order valence-electron chi connectivity index (χ1n) is 6.51. The van der Waals surface area contributed by atoms with E-state index in [9.17, 15) is 8.42 Å². The number of sulfonamides is 1. The summed E-state index contributed by atoms with van der Waals surface area (Å²) in [5, 5.41) is 3.50. The lowest BCUT2D eigenvalue weighted by atomic mass is 10.1. The zero-order chi connectivity index (χ0) is 14.8. The molecule has 2 N–H and O–H groups in total. The molecule has 1 aliphatic heterocycles. The SMILES string of the molecule is COc1cc(C)c(S(=O)(=O)NC2CCNCC2)cc1Cl.Cl. The van der Waals surface area contributed by atoms with E-state index in [1.165, 1.54) is 13.2 Å². The van der Waals surface area contributed by atoms with E-state index < -0.39 is 10.0 Å². The molecule has 21 heavy (non-hydrogen) atoms. The van der Waals surface area contributed by atoms with Crippen LogP contribution in [0.3, 0.4) is 0 Å². The molecule has 1 aromatic carbocycles. The Bertz CT molecular complexity index is 587. The van der Waals surface area contributed by atoms with Crippen molar-refractivity contribution in [2.24, 2.45) is 0 Å². The first-order chi connectivity index (χ1) is 9.44. The van der Waals surface area contributed by atoms with E-state index in [-0.39, 0.29) is 23.3 Å². The molecule has 1 aromatic rings. The Labute approximate surface area is 136 Å². The number of hydrogen-bond acceptors (Lipinski definition) is 4. The van der Waals surface area contributed by atoms with Crippen molar-refractivity contribution in [2.75, 3.05) is 20.2 Å². The molecule has 0 aromatic heterocycles. The van der Waals surface area contributed by atoms with Crippen molar-refractivity contribution in [3.8, 4) is 5.75 Å². The van der Waals surface area contributed by atoms with E-state index in [0.29, 0.717) is 16.3 Å². The average molecular weight is 355 g/mol. The fourth-order valence-electron chi connectivity index (χ4n) is 2.31. The molecule has 2 rings (SSSR count). The van der Waals surface area contributed by atoms with E-state index in [2.05, 4.69) is 10.0 Å². The Morgan fingerprint density at radius 2 is 1.95 bits per heavy atom. The average Bonchev–Trinajstić information content (AvgIpc) is 2.41. The molecular formula is C13H20Cl2N2O3S. The number of methoxy groups -OCH3 is 1. The first kappa shape index (κ1) is 18.5. The molecule has 1 fully saturated rings. The lowest BCUT2D eigenvalue weighted by Gasteiger charge is -2.24. The summed E-state index contributed by atoms with van der Waals surface area (Å²) in [4.78, 5) is 0.210. The Hall–Kier alpha value is -0.530. The van der Waals surface area contributed by atoms with Gasteiger partial charge in [0.2, 0.25) is 10.0 Å². The highest BCUT2D eigenvalue weighted by molar-refractivity contribution is 7.89. The zero-order valence-corrected chi connectivity index (χ0v) is 14.4. The van der Waals surface area contributed by atoms with Crippen LogP contribution >= 0.6 is 24.0 Å². The molecule has 8 heteroatoms. The van der Waals surface area contributed by atoms with Gasteiger partial charge in [-0.25, -0.2) is 13.1 Å². The largest absolute Gasteiger partial charge is 0.495 e. The van der Waals surface area contributed by atoms with Gasteiger partial charge < -0.3 is 10.1 Å². The highest BCUT2D eigenvalue weighted by Gasteiger charge is 2.24. The third-order valence-corrected chi connectivity index (χ3v) is 5.36. The lowest BCUT2D eigenvalue weighted by molar-refractivity contribution is 0.414. The van der Waals surface area contributed by atoms with Gasteiger partial charge in [0.05, 0.1) is 17.0 Å². The molecule has 0 radical (unpaired) electrons.